The molecule has 0 saturated carbocycles. The number of likely N-dealkylation sites (tertiary alicyclic amines) is 1. The number of nitrogens with zero attached hydrogens (tertiary/aromatic N) is 3. The van der Waals surface area contributed by atoms with Crippen molar-refractivity contribution in [1.29, 1.82) is 0 Å². The third kappa shape index (κ3) is 7.13. The monoisotopic (exact) mass is 385 g/mol. The zero-order valence-corrected chi connectivity index (χ0v) is 16.3. The molecule has 152 valence electrons. The highest BCUT2D eigenvalue weighted by atomic mass is 19.4. The van der Waals surface area contributed by atoms with Gasteiger partial charge in [-0.1, -0.05) is 25.5 Å². The van der Waals surface area contributed by atoms with Gasteiger partial charge in [0.1, 0.15) is 0 Å². The van der Waals surface area contributed by atoms with Gasteiger partial charge in [-0.3, -0.25) is 9.79 Å². The third-order valence-corrected chi connectivity index (χ3v) is 5.31. The van der Waals surface area contributed by atoms with E-state index >= 15 is 0 Å². The fourth-order valence-corrected chi connectivity index (χ4v) is 3.86. The topological polar surface area (TPSA) is 35.9 Å². The first-order valence-electron chi connectivity index (χ1n) is 9.81. The van der Waals surface area contributed by atoms with E-state index in [1.807, 2.05) is 4.90 Å². The predicted molar refractivity (Wildman–Crippen MR) is 102 cm³/mol. The molecule has 1 saturated heterocycles. The fraction of sp³-hybridized carbons (Fsp3) is 0.700. The van der Waals surface area contributed by atoms with Crippen molar-refractivity contribution in [2.24, 2.45) is 4.99 Å². The van der Waals surface area contributed by atoms with E-state index in [1.54, 1.807) is 0 Å². The molecule has 0 aromatic carbocycles. The first-order valence-corrected chi connectivity index (χ1v) is 9.81. The molecule has 7 heteroatoms. The molecule has 0 aliphatic carbocycles. The number of amides is 1. The van der Waals surface area contributed by atoms with Crippen molar-refractivity contribution in [3.8, 4) is 0 Å². The van der Waals surface area contributed by atoms with Gasteiger partial charge in [-0.05, 0) is 38.4 Å². The second-order valence-electron chi connectivity index (χ2n) is 7.16. The van der Waals surface area contributed by atoms with Gasteiger partial charge in [-0.15, -0.1) is 0 Å². The van der Waals surface area contributed by atoms with Gasteiger partial charge < -0.3 is 9.80 Å². The molecule has 1 amide bonds. The molecular weight excluding hydrogens is 355 g/mol. The van der Waals surface area contributed by atoms with Crippen LogP contribution in [0.4, 0.5) is 13.2 Å². The standard InChI is InChI=1S/C20H30F3N3O/c1-3-25(4-2)18-9-12-26(13-10-18)19(27)8-7-17-14-16(6-5-11-24-17)15-20(21,22)23/h5-6,11,18H,3-4,7-10,12-15H2,1-2H3. The zero-order chi connectivity index (χ0) is 19.9. The molecule has 0 atom stereocenters. The van der Waals surface area contributed by atoms with E-state index in [1.165, 1.54) is 18.4 Å². The van der Waals surface area contributed by atoms with Crippen LogP contribution in [-0.4, -0.2) is 59.8 Å². The minimum Gasteiger partial charge on any atom is -0.343 e. The van der Waals surface area contributed by atoms with Gasteiger partial charge in [-0.2, -0.15) is 13.2 Å². The zero-order valence-electron chi connectivity index (χ0n) is 16.3. The molecule has 0 unspecified atom stereocenters. The highest BCUT2D eigenvalue weighted by Gasteiger charge is 2.29. The van der Waals surface area contributed by atoms with Crippen molar-refractivity contribution in [1.82, 2.24) is 9.80 Å². The Balaban J connectivity index is 1.80. The van der Waals surface area contributed by atoms with Crippen LogP contribution < -0.4 is 0 Å². The number of carbonyl (C=O) groups excluding carboxylic acids is 1. The summed E-state index contributed by atoms with van der Waals surface area (Å²) in [6, 6.07) is 0.537. The lowest BCUT2D eigenvalue weighted by atomic mass is 10.0. The lowest BCUT2D eigenvalue weighted by Crippen LogP contribution is -2.46. The van der Waals surface area contributed by atoms with Gasteiger partial charge in [-0.25, -0.2) is 0 Å². The van der Waals surface area contributed by atoms with Gasteiger partial charge >= 0.3 is 6.18 Å². The van der Waals surface area contributed by atoms with Gasteiger partial charge in [0.05, 0.1) is 6.42 Å². The maximum absolute atomic E-state index is 12.6. The summed E-state index contributed by atoms with van der Waals surface area (Å²) < 4.78 is 37.9. The maximum Gasteiger partial charge on any atom is 0.392 e. The quantitative estimate of drug-likeness (QED) is 0.654. The number of rotatable bonds is 7. The molecule has 1 fully saturated rings. The molecule has 2 heterocycles. The van der Waals surface area contributed by atoms with Crippen LogP contribution in [0.5, 0.6) is 0 Å². The summed E-state index contributed by atoms with van der Waals surface area (Å²) in [5.74, 6) is 0.0743. The average molecular weight is 385 g/mol. The van der Waals surface area contributed by atoms with Crippen molar-refractivity contribution >= 4 is 11.6 Å². The second kappa shape index (κ2) is 10.1. The van der Waals surface area contributed by atoms with Crippen molar-refractivity contribution in [3.05, 3.63) is 23.9 Å². The SMILES string of the molecule is CCN(CC)C1CCN(C(=O)CCC2=NC=CC=C(CC(F)(F)F)C2)CC1. The van der Waals surface area contributed by atoms with E-state index in [-0.39, 0.29) is 12.3 Å². The summed E-state index contributed by atoms with van der Waals surface area (Å²) >= 11 is 0. The lowest BCUT2D eigenvalue weighted by molar-refractivity contribution is -0.132. The molecule has 0 N–H and O–H groups in total. The number of allylic oxidation sites excluding steroid dienone is 3. The van der Waals surface area contributed by atoms with Crippen LogP contribution in [0.1, 0.15) is 52.4 Å². The summed E-state index contributed by atoms with van der Waals surface area (Å²) in [5, 5.41) is 0. The first kappa shape index (κ1) is 21.7. The fourth-order valence-electron chi connectivity index (χ4n) is 3.86. The minimum absolute atomic E-state index is 0.0743. The van der Waals surface area contributed by atoms with E-state index in [9.17, 15) is 18.0 Å². The number of piperidine rings is 1. The summed E-state index contributed by atoms with van der Waals surface area (Å²) in [4.78, 5) is 21.0. The minimum atomic E-state index is -4.22. The smallest absolute Gasteiger partial charge is 0.343 e. The number of hydrogen-bond acceptors (Lipinski definition) is 3. The van der Waals surface area contributed by atoms with Crippen LogP contribution in [0.2, 0.25) is 0 Å². The first-order chi connectivity index (χ1) is 12.8. The number of hydrogen-bond donors (Lipinski definition) is 0. The van der Waals surface area contributed by atoms with E-state index in [0.717, 1.165) is 39.0 Å². The van der Waals surface area contributed by atoms with Crippen molar-refractivity contribution in [2.75, 3.05) is 26.2 Å². The maximum atomic E-state index is 12.6. The Kier molecular flexibility index (Phi) is 8.07. The van der Waals surface area contributed by atoms with Crippen LogP contribution in [0.25, 0.3) is 0 Å². The molecule has 2 aliphatic rings. The Morgan fingerprint density at radius 3 is 2.52 bits per heavy atom. The molecule has 0 aromatic heterocycles. The molecule has 2 rings (SSSR count). The average Bonchev–Trinajstić information content (AvgIpc) is 2.85. The normalized spacial score (nSPS) is 19.1. The van der Waals surface area contributed by atoms with E-state index in [4.69, 9.17) is 0 Å². The van der Waals surface area contributed by atoms with Crippen LogP contribution in [0.15, 0.2) is 28.9 Å². The molecule has 27 heavy (non-hydrogen) atoms. The summed E-state index contributed by atoms with van der Waals surface area (Å²) in [5.41, 5.74) is 0.938. The Morgan fingerprint density at radius 2 is 1.93 bits per heavy atom. The highest BCUT2D eigenvalue weighted by Crippen LogP contribution is 2.28. The Labute approximate surface area is 159 Å². The summed E-state index contributed by atoms with van der Waals surface area (Å²) in [7, 11) is 0. The van der Waals surface area contributed by atoms with Gasteiger partial charge in [0, 0.05) is 43.9 Å². The molecule has 0 aromatic rings. The number of halogens is 3. The number of aliphatic imine (C=N–C) groups is 1. The molecule has 0 radical (unpaired) electrons. The van der Waals surface area contributed by atoms with E-state index < -0.39 is 12.6 Å². The molecule has 0 bridgehead atoms. The largest absolute Gasteiger partial charge is 0.392 e. The lowest BCUT2D eigenvalue weighted by Gasteiger charge is -2.37. The van der Waals surface area contributed by atoms with Crippen LogP contribution in [0.3, 0.4) is 0 Å². The van der Waals surface area contributed by atoms with Crippen molar-refractivity contribution in [3.63, 3.8) is 0 Å². The number of carbonyl (C=O) groups is 1. The molecule has 2 aliphatic heterocycles. The predicted octanol–water partition coefficient (Wildman–Crippen LogP) is 4.34. The third-order valence-electron chi connectivity index (χ3n) is 5.31. The van der Waals surface area contributed by atoms with E-state index in [2.05, 4.69) is 23.7 Å². The van der Waals surface area contributed by atoms with Crippen molar-refractivity contribution < 1.29 is 18.0 Å². The Bertz CT molecular complexity index is 584. The summed E-state index contributed by atoms with van der Waals surface area (Å²) in [6.07, 6.45) is 2.24. The van der Waals surface area contributed by atoms with E-state index in [0.29, 0.717) is 30.2 Å². The Hall–Kier alpha value is -1.63. The van der Waals surface area contributed by atoms with Crippen molar-refractivity contribution in [2.45, 2.75) is 64.6 Å². The van der Waals surface area contributed by atoms with Crippen LogP contribution in [-0.2, 0) is 4.79 Å². The molecule has 0 spiro atoms. The van der Waals surface area contributed by atoms with Gasteiger partial charge in [0.2, 0.25) is 5.91 Å². The van der Waals surface area contributed by atoms with Gasteiger partial charge in [0.15, 0.2) is 0 Å². The van der Waals surface area contributed by atoms with Crippen LogP contribution >= 0.6 is 0 Å². The number of alkyl halides is 3. The molecule has 4 nitrogen and oxygen atoms in total. The van der Waals surface area contributed by atoms with Crippen LogP contribution in [0, 0.1) is 0 Å². The second-order valence-corrected chi connectivity index (χ2v) is 7.16. The Morgan fingerprint density at radius 1 is 1.26 bits per heavy atom. The highest BCUT2D eigenvalue weighted by molar-refractivity contribution is 5.91. The summed E-state index contributed by atoms with van der Waals surface area (Å²) in [6.45, 7) is 7.87. The van der Waals surface area contributed by atoms with Gasteiger partial charge in [0.25, 0.3) is 0 Å². The molecular formula is C20H30F3N3O.